The summed E-state index contributed by atoms with van der Waals surface area (Å²) in [6, 6.07) is 6.63. The molecule has 0 aromatic heterocycles. The second-order valence-electron chi connectivity index (χ2n) is 4.90. The molecule has 5 heteroatoms. The average molecular weight is 309 g/mol. The van der Waals surface area contributed by atoms with Crippen LogP contribution in [0.15, 0.2) is 24.3 Å². The lowest BCUT2D eigenvalue weighted by Crippen LogP contribution is -2.26. The molecule has 0 bridgehead atoms. The average Bonchev–Trinajstić information content (AvgIpc) is 2.46. The second-order valence-corrected chi connectivity index (χ2v) is 5.88. The molecule has 1 aromatic carbocycles. The highest BCUT2D eigenvalue weighted by atomic mass is 32.2. The van der Waals surface area contributed by atoms with E-state index in [0.29, 0.717) is 12.1 Å². The molecule has 0 fully saturated rings. The number of unbranched alkanes of at least 4 members (excludes halogenated alkanes) is 3. The number of rotatable bonds is 10. The zero-order chi connectivity index (χ0) is 15.5. The predicted octanol–water partition coefficient (Wildman–Crippen LogP) is 2.97. The van der Waals surface area contributed by atoms with Crippen LogP contribution in [0.4, 0.5) is 0 Å². The maximum absolute atomic E-state index is 11.8. The molecule has 21 heavy (non-hydrogen) atoms. The molecule has 0 aliphatic heterocycles. The van der Waals surface area contributed by atoms with Crippen LogP contribution in [0.5, 0.6) is 0 Å². The molecule has 4 nitrogen and oxygen atoms in total. The Morgan fingerprint density at radius 3 is 2.57 bits per heavy atom. The molecule has 0 radical (unpaired) electrons. The van der Waals surface area contributed by atoms with Gasteiger partial charge in [0.1, 0.15) is 0 Å². The molecule has 1 amide bonds. The van der Waals surface area contributed by atoms with Gasteiger partial charge in [0, 0.05) is 6.54 Å². The first-order valence-electron chi connectivity index (χ1n) is 7.22. The molecule has 1 aromatic rings. The summed E-state index contributed by atoms with van der Waals surface area (Å²) in [5, 5.41) is 11.9. The van der Waals surface area contributed by atoms with E-state index in [9.17, 15) is 9.59 Å². The minimum absolute atomic E-state index is 0.118. The fraction of sp³-hybridized carbons (Fsp3) is 0.500. The van der Waals surface area contributed by atoms with Crippen LogP contribution in [0.2, 0.25) is 0 Å². The highest BCUT2D eigenvalue weighted by Gasteiger charge is 2.11. The summed E-state index contributed by atoms with van der Waals surface area (Å²) >= 11 is 1.86. The number of nitrogens with one attached hydrogen (secondary N) is 1. The monoisotopic (exact) mass is 309 g/mol. The van der Waals surface area contributed by atoms with Crippen LogP contribution in [-0.4, -0.2) is 35.5 Å². The van der Waals surface area contributed by atoms with Crippen molar-refractivity contribution in [1.29, 1.82) is 0 Å². The van der Waals surface area contributed by atoms with Crippen molar-refractivity contribution in [3.05, 3.63) is 35.4 Å². The maximum Gasteiger partial charge on any atom is 0.335 e. The SMILES string of the molecule is CSCCCCCCNC(=O)Cc1ccccc1C(=O)O. The molecule has 1 rings (SSSR count). The van der Waals surface area contributed by atoms with Gasteiger partial charge in [0.25, 0.3) is 0 Å². The summed E-state index contributed by atoms with van der Waals surface area (Å²) in [5.74, 6) is 0.0817. The molecular weight excluding hydrogens is 286 g/mol. The Morgan fingerprint density at radius 1 is 1.14 bits per heavy atom. The number of carboxylic acids is 1. The van der Waals surface area contributed by atoms with Gasteiger partial charge >= 0.3 is 5.97 Å². The minimum Gasteiger partial charge on any atom is -0.478 e. The van der Waals surface area contributed by atoms with E-state index >= 15 is 0 Å². The highest BCUT2D eigenvalue weighted by molar-refractivity contribution is 7.98. The number of hydrogen-bond acceptors (Lipinski definition) is 3. The predicted molar refractivity (Wildman–Crippen MR) is 87.0 cm³/mol. The standard InChI is InChI=1S/C16H23NO3S/c1-21-11-7-3-2-6-10-17-15(18)12-13-8-4-5-9-14(13)16(19)20/h4-5,8-9H,2-3,6-7,10-12H2,1H3,(H,17,18)(H,19,20). The Bertz CT molecular complexity index is 463. The third kappa shape index (κ3) is 7.18. The highest BCUT2D eigenvalue weighted by Crippen LogP contribution is 2.09. The van der Waals surface area contributed by atoms with E-state index in [0.717, 1.165) is 12.8 Å². The quantitative estimate of drug-likeness (QED) is 0.652. The largest absolute Gasteiger partial charge is 0.478 e. The minimum atomic E-state index is -0.993. The number of carboxylic acid groups (broad SMARTS) is 1. The van der Waals surface area contributed by atoms with Gasteiger partial charge in [-0.2, -0.15) is 11.8 Å². The van der Waals surface area contributed by atoms with E-state index in [1.807, 2.05) is 11.8 Å². The first-order valence-corrected chi connectivity index (χ1v) is 8.61. The van der Waals surface area contributed by atoms with Gasteiger partial charge in [-0.25, -0.2) is 4.79 Å². The van der Waals surface area contributed by atoms with Crippen LogP contribution in [0, 0.1) is 0 Å². The first kappa shape index (κ1) is 17.6. The van der Waals surface area contributed by atoms with E-state index in [1.54, 1.807) is 18.2 Å². The fourth-order valence-electron chi connectivity index (χ4n) is 2.07. The lowest BCUT2D eigenvalue weighted by Gasteiger charge is -2.07. The van der Waals surface area contributed by atoms with Gasteiger partial charge in [-0.3, -0.25) is 4.79 Å². The van der Waals surface area contributed by atoms with Gasteiger partial charge in [0.15, 0.2) is 0 Å². The van der Waals surface area contributed by atoms with Gasteiger partial charge in [-0.1, -0.05) is 31.0 Å². The van der Waals surface area contributed by atoms with Crippen LogP contribution in [0.3, 0.4) is 0 Å². The maximum atomic E-state index is 11.8. The Balaban J connectivity index is 2.27. The van der Waals surface area contributed by atoms with Crippen LogP contribution in [0.1, 0.15) is 41.6 Å². The molecule has 0 aliphatic rings. The third-order valence-electron chi connectivity index (χ3n) is 3.20. The van der Waals surface area contributed by atoms with Crippen LogP contribution < -0.4 is 5.32 Å². The number of amides is 1. The third-order valence-corrected chi connectivity index (χ3v) is 3.89. The van der Waals surface area contributed by atoms with Crippen molar-refractivity contribution in [3.63, 3.8) is 0 Å². The lowest BCUT2D eigenvalue weighted by molar-refractivity contribution is -0.120. The molecule has 0 saturated carbocycles. The fourth-order valence-corrected chi connectivity index (χ4v) is 2.56. The van der Waals surface area contributed by atoms with Crippen molar-refractivity contribution < 1.29 is 14.7 Å². The Hall–Kier alpha value is -1.49. The Morgan fingerprint density at radius 2 is 1.86 bits per heavy atom. The first-order chi connectivity index (χ1) is 10.1. The van der Waals surface area contributed by atoms with Crippen molar-refractivity contribution >= 4 is 23.6 Å². The molecule has 0 unspecified atom stereocenters. The molecular formula is C16H23NO3S. The molecule has 2 N–H and O–H groups in total. The molecule has 0 heterocycles. The molecule has 0 saturated heterocycles. The number of benzene rings is 1. The van der Waals surface area contributed by atoms with Crippen molar-refractivity contribution in [2.75, 3.05) is 18.6 Å². The number of hydrogen-bond donors (Lipinski definition) is 2. The molecule has 0 spiro atoms. The zero-order valence-corrected chi connectivity index (χ0v) is 13.2. The van der Waals surface area contributed by atoms with E-state index in [2.05, 4.69) is 11.6 Å². The Labute approximate surface area is 130 Å². The zero-order valence-electron chi connectivity index (χ0n) is 12.4. The van der Waals surface area contributed by atoms with E-state index in [-0.39, 0.29) is 17.9 Å². The molecule has 116 valence electrons. The number of carbonyl (C=O) groups excluding carboxylic acids is 1. The molecule has 0 atom stereocenters. The van der Waals surface area contributed by atoms with Crippen LogP contribution in [-0.2, 0) is 11.2 Å². The Kier molecular flexibility index (Phi) is 8.59. The summed E-state index contributed by atoms with van der Waals surface area (Å²) in [7, 11) is 0. The summed E-state index contributed by atoms with van der Waals surface area (Å²) in [4.78, 5) is 22.9. The summed E-state index contributed by atoms with van der Waals surface area (Å²) < 4.78 is 0. The van der Waals surface area contributed by atoms with Crippen molar-refractivity contribution in [2.45, 2.75) is 32.1 Å². The summed E-state index contributed by atoms with van der Waals surface area (Å²) in [6.07, 6.45) is 6.73. The normalized spacial score (nSPS) is 10.3. The van der Waals surface area contributed by atoms with Gasteiger partial charge in [-0.05, 0) is 36.5 Å². The second kappa shape index (κ2) is 10.3. The van der Waals surface area contributed by atoms with Gasteiger partial charge in [0.2, 0.25) is 5.91 Å². The van der Waals surface area contributed by atoms with E-state index in [1.165, 1.54) is 24.7 Å². The molecule has 0 aliphatic carbocycles. The topological polar surface area (TPSA) is 66.4 Å². The van der Waals surface area contributed by atoms with Crippen molar-refractivity contribution in [2.24, 2.45) is 0 Å². The smallest absolute Gasteiger partial charge is 0.335 e. The van der Waals surface area contributed by atoms with Crippen molar-refractivity contribution in [3.8, 4) is 0 Å². The summed E-state index contributed by atoms with van der Waals surface area (Å²) in [5.41, 5.74) is 0.757. The number of thioether (sulfide) groups is 1. The lowest BCUT2D eigenvalue weighted by atomic mass is 10.0. The van der Waals surface area contributed by atoms with Gasteiger partial charge in [-0.15, -0.1) is 0 Å². The van der Waals surface area contributed by atoms with Crippen LogP contribution in [0.25, 0.3) is 0 Å². The van der Waals surface area contributed by atoms with Crippen molar-refractivity contribution in [1.82, 2.24) is 5.32 Å². The van der Waals surface area contributed by atoms with E-state index in [4.69, 9.17) is 5.11 Å². The van der Waals surface area contributed by atoms with Gasteiger partial charge < -0.3 is 10.4 Å². The van der Waals surface area contributed by atoms with Gasteiger partial charge in [0.05, 0.1) is 12.0 Å². The van der Waals surface area contributed by atoms with E-state index < -0.39 is 5.97 Å². The summed E-state index contributed by atoms with van der Waals surface area (Å²) in [6.45, 7) is 0.660. The van der Waals surface area contributed by atoms with Crippen LogP contribution >= 0.6 is 11.8 Å². The number of aromatic carboxylic acids is 1. The number of carbonyl (C=O) groups is 2.